The van der Waals surface area contributed by atoms with Crippen LogP contribution in [0.15, 0.2) is 24.5 Å². The average Bonchev–Trinajstić information content (AvgIpc) is 3.14. The zero-order chi connectivity index (χ0) is 17.3. The SMILES string of the molecule is COCc1nc(NCC2(Cn3cccn3)CC2)cc(C2CC(N)C2)n1. The lowest BCUT2D eigenvalue weighted by Gasteiger charge is -2.32. The smallest absolute Gasteiger partial charge is 0.156 e. The van der Waals surface area contributed by atoms with E-state index >= 15 is 0 Å². The van der Waals surface area contributed by atoms with Gasteiger partial charge >= 0.3 is 0 Å². The summed E-state index contributed by atoms with van der Waals surface area (Å²) in [6, 6.07) is 4.37. The Bertz CT molecular complexity index is 706. The van der Waals surface area contributed by atoms with E-state index in [-0.39, 0.29) is 5.41 Å². The molecular formula is C18H26N6O. The Morgan fingerprint density at radius 3 is 2.84 bits per heavy atom. The molecule has 0 aliphatic heterocycles. The van der Waals surface area contributed by atoms with Crippen LogP contribution in [0.2, 0.25) is 0 Å². The van der Waals surface area contributed by atoms with E-state index in [0.717, 1.165) is 43.3 Å². The van der Waals surface area contributed by atoms with Crippen LogP contribution in [0.5, 0.6) is 0 Å². The molecule has 0 unspecified atom stereocenters. The molecule has 7 nitrogen and oxygen atoms in total. The lowest BCUT2D eigenvalue weighted by molar-refractivity contribution is 0.177. The highest BCUT2D eigenvalue weighted by Crippen LogP contribution is 2.47. The van der Waals surface area contributed by atoms with E-state index in [1.807, 2.05) is 23.1 Å². The highest BCUT2D eigenvalue weighted by Gasteiger charge is 2.43. The molecule has 2 fully saturated rings. The van der Waals surface area contributed by atoms with Crippen LogP contribution in [-0.4, -0.2) is 39.4 Å². The summed E-state index contributed by atoms with van der Waals surface area (Å²) in [6.07, 6.45) is 8.32. The van der Waals surface area contributed by atoms with Crippen molar-refractivity contribution in [1.29, 1.82) is 0 Å². The van der Waals surface area contributed by atoms with Gasteiger partial charge in [0.05, 0.1) is 0 Å². The number of anilines is 1. The van der Waals surface area contributed by atoms with Crippen molar-refractivity contribution in [2.75, 3.05) is 19.0 Å². The van der Waals surface area contributed by atoms with Crippen molar-refractivity contribution in [2.24, 2.45) is 11.1 Å². The Morgan fingerprint density at radius 2 is 2.20 bits per heavy atom. The maximum Gasteiger partial charge on any atom is 0.156 e. The first-order chi connectivity index (χ1) is 12.2. The van der Waals surface area contributed by atoms with Gasteiger partial charge in [-0.3, -0.25) is 4.68 Å². The van der Waals surface area contributed by atoms with Gasteiger partial charge in [-0.2, -0.15) is 5.10 Å². The van der Waals surface area contributed by atoms with Gasteiger partial charge in [0.15, 0.2) is 5.82 Å². The number of hydrogen-bond acceptors (Lipinski definition) is 6. The summed E-state index contributed by atoms with van der Waals surface area (Å²) in [5.41, 5.74) is 7.31. The van der Waals surface area contributed by atoms with Crippen molar-refractivity contribution in [3.05, 3.63) is 36.0 Å². The first kappa shape index (κ1) is 16.5. The second-order valence-electron chi connectivity index (χ2n) is 7.51. The van der Waals surface area contributed by atoms with Crippen LogP contribution in [0.4, 0.5) is 5.82 Å². The largest absolute Gasteiger partial charge is 0.377 e. The highest BCUT2D eigenvalue weighted by atomic mass is 16.5. The van der Waals surface area contributed by atoms with Crippen molar-refractivity contribution in [3.63, 3.8) is 0 Å². The molecule has 2 aliphatic carbocycles. The van der Waals surface area contributed by atoms with Crippen LogP contribution >= 0.6 is 0 Å². The summed E-state index contributed by atoms with van der Waals surface area (Å²) in [6.45, 7) is 2.28. The molecule has 2 aromatic rings. The van der Waals surface area contributed by atoms with Crippen LogP contribution < -0.4 is 11.1 Å². The number of nitrogens with one attached hydrogen (secondary N) is 1. The van der Waals surface area contributed by atoms with Crippen molar-refractivity contribution < 1.29 is 4.74 Å². The lowest BCUT2D eigenvalue weighted by atomic mass is 9.78. The molecule has 2 heterocycles. The summed E-state index contributed by atoms with van der Waals surface area (Å²) < 4.78 is 7.25. The summed E-state index contributed by atoms with van der Waals surface area (Å²) in [4.78, 5) is 9.26. The first-order valence-electron chi connectivity index (χ1n) is 8.99. The number of nitrogens with two attached hydrogens (primary N) is 1. The third-order valence-electron chi connectivity index (χ3n) is 5.32. The van der Waals surface area contributed by atoms with Gasteiger partial charge in [0.1, 0.15) is 12.4 Å². The third-order valence-corrected chi connectivity index (χ3v) is 5.32. The molecule has 25 heavy (non-hydrogen) atoms. The van der Waals surface area contributed by atoms with E-state index in [0.29, 0.717) is 18.6 Å². The predicted molar refractivity (Wildman–Crippen MR) is 95.1 cm³/mol. The molecular weight excluding hydrogens is 316 g/mol. The average molecular weight is 342 g/mol. The molecule has 0 bridgehead atoms. The van der Waals surface area contributed by atoms with Gasteiger partial charge in [-0.1, -0.05) is 0 Å². The predicted octanol–water partition coefficient (Wildman–Crippen LogP) is 1.92. The Balaban J connectivity index is 1.44. The van der Waals surface area contributed by atoms with Crippen LogP contribution in [0.1, 0.15) is 43.1 Å². The van der Waals surface area contributed by atoms with Crippen LogP contribution in [0.3, 0.4) is 0 Å². The molecule has 2 aliphatic rings. The highest BCUT2D eigenvalue weighted by molar-refractivity contribution is 5.38. The number of nitrogens with zero attached hydrogens (tertiary/aromatic N) is 4. The number of aromatic nitrogens is 4. The Kier molecular flexibility index (Phi) is 4.43. The summed E-state index contributed by atoms with van der Waals surface area (Å²) in [7, 11) is 1.67. The van der Waals surface area contributed by atoms with Crippen LogP contribution in [0.25, 0.3) is 0 Å². The van der Waals surface area contributed by atoms with E-state index in [9.17, 15) is 0 Å². The number of ether oxygens (including phenoxy) is 1. The minimum Gasteiger partial charge on any atom is -0.377 e. The topological polar surface area (TPSA) is 90.9 Å². The molecule has 134 valence electrons. The first-order valence-corrected chi connectivity index (χ1v) is 8.99. The summed E-state index contributed by atoms with van der Waals surface area (Å²) in [5, 5.41) is 7.87. The molecule has 0 spiro atoms. The van der Waals surface area contributed by atoms with Crippen LogP contribution in [0, 0.1) is 5.41 Å². The van der Waals surface area contributed by atoms with Gasteiger partial charge < -0.3 is 15.8 Å². The Labute approximate surface area is 148 Å². The molecule has 2 saturated carbocycles. The normalized spacial score (nSPS) is 23.9. The molecule has 7 heteroatoms. The van der Waals surface area contributed by atoms with Crippen LogP contribution in [-0.2, 0) is 17.9 Å². The van der Waals surface area contributed by atoms with E-state index in [2.05, 4.69) is 26.4 Å². The molecule has 0 saturated heterocycles. The Hall–Kier alpha value is -1.99. The van der Waals surface area contributed by atoms with E-state index < -0.39 is 0 Å². The van der Waals surface area contributed by atoms with Crippen molar-refractivity contribution >= 4 is 5.82 Å². The molecule has 2 aromatic heterocycles. The molecule has 0 amide bonds. The summed E-state index contributed by atoms with van der Waals surface area (Å²) >= 11 is 0. The monoisotopic (exact) mass is 342 g/mol. The van der Waals surface area contributed by atoms with E-state index in [1.54, 1.807) is 7.11 Å². The molecule has 0 aromatic carbocycles. The lowest BCUT2D eigenvalue weighted by Crippen LogP contribution is -2.35. The van der Waals surface area contributed by atoms with Gasteiger partial charge in [0.25, 0.3) is 0 Å². The third kappa shape index (κ3) is 3.82. The van der Waals surface area contributed by atoms with Gasteiger partial charge in [0.2, 0.25) is 0 Å². The van der Waals surface area contributed by atoms with E-state index in [1.165, 1.54) is 12.8 Å². The maximum absolute atomic E-state index is 5.94. The fourth-order valence-corrected chi connectivity index (χ4v) is 3.50. The minimum absolute atomic E-state index is 0.289. The minimum atomic E-state index is 0.289. The quantitative estimate of drug-likeness (QED) is 0.761. The molecule has 0 atom stereocenters. The van der Waals surface area contributed by atoms with E-state index in [4.69, 9.17) is 10.5 Å². The fourth-order valence-electron chi connectivity index (χ4n) is 3.50. The zero-order valence-electron chi connectivity index (χ0n) is 14.7. The number of methoxy groups -OCH3 is 1. The molecule has 0 radical (unpaired) electrons. The second-order valence-corrected chi connectivity index (χ2v) is 7.51. The van der Waals surface area contributed by atoms with Gasteiger partial charge in [0, 0.05) is 61.7 Å². The summed E-state index contributed by atoms with van der Waals surface area (Å²) in [5.74, 6) is 2.08. The van der Waals surface area contributed by atoms with Gasteiger partial charge in [-0.15, -0.1) is 0 Å². The molecule has 4 rings (SSSR count). The molecule has 3 N–H and O–H groups in total. The second kappa shape index (κ2) is 6.72. The van der Waals surface area contributed by atoms with Gasteiger partial charge in [-0.05, 0) is 31.7 Å². The number of rotatable bonds is 8. The number of hydrogen-bond donors (Lipinski definition) is 2. The Morgan fingerprint density at radius 1 is 1.36 bits per heavy atom. The van der Waals surface area contributed by atoms with Crippen molar-refractivity contribution in [2.45, 2.75) is 50.8 Å². The van der Waals surface area contributed by atoms with Crippen molar-refractivity contribution in [3.8, 4) is 0 Å². The zero-order valence-corrected chi connectivity index (χ0v) is 14.7. The van der Waals surface area contributed by atoms with Gasteiger partial charge in [-0.25, -0.2) is 9.97 Å². The standard InChI is InChI=1S/C18H26N6O/c1-25-10-17-22-15(13-7-14(19)8-13)9-16(23-17)20-11-18(3-4-18)12-24-6-2-5-21-24/h2,5-6,9,13-14H,3-4,7-8,10-12,19H2,1H3,(H,20,22,23). The maximum atomic E-state index is 5.94. The fraction of sp³-hybridized carbons (Fsp3) is 0.611. The van der Waals surface area contributed by atoms with Crippen molar-refractivity contribution in [1.82, 2.24) is 19.7 Å².